The molecule has 1 unspecified atom stereocenters. The maximum atomic E-state index is 12.1. The van der Waals surface area contributed by atoms with Crippen LogP contribution < -0.4 is 5.73 Å². The summed E-state index contributed by atoms with van der Waals surface area (Å²) in [5.74, 6) is 0.445. The van der Waals surface area contributed by atoms with Crippen LogP contribution in [0.4, 0.5) is 0 Å². The highest BCUT2D eigenvalue weighted by atomic mass is 32.2. The van der Waals surface area contributed by atoms with Crippen molar-refractivity contribution in [2.45, 2.75) is 51.3 Å². The van der Waals surface area contributed by atoms with Crippen LogP contribution >= 0.6 is 0 Å². The van der Waals surface area contributed by atoms with Crippen LogP contribution in [0.3, 0.4) is 0 Å². The Morgan fingerprint density at radius 1 is 1.05 bits per heavy atom. The molecule has 0 aromatic heterocycles. The van der Waals surface area contributed by atoms with E-state index in [4.69, 9.17) is 5.73 Å². The third-order valence-electron chi connectivity index (χ3n) is 3.36. The van der Waals surface area contributed by atoms with Gasteiger partial charge in [-0.15, -0.1) is 0 Å². The van der Waals surface area contributed by atoms with Gasteiger partial charge in [-0.25, -0.2) is 8.42 Å². The lowest BCUT2D eigenvalue weighted by atomic mass is 10.00. The summed E-state index contributed by atoms with van der Waals surface area (Å²) in [5.41, 5.74) is 8.13. The minimum Gasteiger partial charge on any atom is -0.323 e. The smallest absolute Gasteiger partial charge is 0.157 e. The highest BCUT2D eigenvalue weighted by molar-refractivity contribution is 7.92. The zero-order valence-electron chi connectivity index (χ0n) is 12.5. The SMILES string of the molecule is CC(C)c1ccc(C(N)CS(=O)(=O)C(C)(C)C)cc1. The van der Waals surface area contributed by atoms with Gasteiger partial charge in [0.2, 0.25) is 0 Å². The Balaban J connectivity index is 2.88. The molecule has 0 fully saturated rings. The maximum Gasteiger partial charge on any atom is 0.157 e. The number of hydrogen-bond acceptors (Lipinski definition) is 3. The highest BCUT2D eigenvalue weighted by Crippen LogP contribution is 2.23. The van der Waals surface area contributed by atoms with Gasteiger partial charge in [-0.1, -0.05) is 38.1 Å². The van der Waals surface area contributed by atoms with Crippen molar-refractivity contribution in [1.82, 2.24) is 0 Å². The molecule has 4 heteroatoms. The molecule has 19 heavy (non-hydrogen) atoms. The lowest BCUT2D eigenvalue weighted by Gasteiger charge is -2.22. The van der Waals surface area contributed by atoms with Gasteiger partial charge in [-0.2, -0.15) is 0 Å². The summed E-state index contributed by atoms with van der Waals surface area (Å²) in [6.07, 6.45) is 0. The van der Waals surface area contributed by atoms with Gasteiger partial charge < -0.3 is 5.73 Å². The highest BCUT2D eigenvalue weighted by Gasteiger charge is 2.31. The van der Waals surface area contributed by atoms with Crippen molar-refractivity contribution < 1.29 is 8.42 Å². The van der Waals surface area contributed by atoms with Crippen LogP contribution in [0, 0.1) is 0 Å². The first-order chi connectivity index (χ1) is 8.54. The van der Waals surface area contributed by atoms with E-state index in [-0.39, 0.29) is 5.75 Å². The van der Waals surface area contributed by atoms with Gasteiger partial charge in [-0.3, -0.25) is 0 Å². The molecule has 108 valence electrons. The van der Waals surface area contributed by atoms with Crippen LogP contribution in [0.25, 0.3) is 0 Å². The number of hydrogen-bond donors (Lipinski definition) is 1. The van der Waals surface area contributed by atoms with Gasteiger partial charge in [0.15, 0.2) is 9.84 Å². The fourth-order valence-corrected chi connectivity index (χ4v) is 2.88. The van der Waals surface area contributed by atoms with E-state index in [0.717, 1.165) is 5.56 Å². The summed E-state index contributed by atoms with van der Waals surface area (Å²) in [4.78, 5) is 0. The predicted molar refractivity (Wildman–Crippen MR) is 81.0 cm³/mol. The Labute approximate surface area is 117 Å². The molecule has 0 saturated heterocycles. The maximum absolute atomic E-state index is 12.1. The molecule has 3 nitrogen and oxygen atoms in total. The lowest BCUT2D eigenvalue weighted by molar-refractivity contribution is 0.553. The molecule has 1 atom stereocenters. The monoisotopic (exact) mass is 283 g/mol. The molecule has 0 aliphatic rings. The van der Waals surface area contributed by atoms with Gasteiger partial charge >= 0.3 is 0 Å². The Kier molecular flexibility index (Phi) is 4.80. The van der Waals surface area contributed by atoms with Crippen LogP contribution in [0.15, 0.2) is 24.3 Å². The predicted octanol–water partition coefficient (Wildman–Crippen LogP) is 3.02. The molecule has 0 radical (unpaired) electrons. The average Bonchev–Trinajstić information content (AvgIpc) is 2.27. The molecule has 0 heterocycles. The van der Waals surface area contributed by atoms with E-state index in [2.05, 4.69) is 13.8 Å². The fraction of sp³-hybridized carbons (Fsp3) is 0.600. The number of sulfone groups is 1. The minimum atomic E-state index is -3.20. The molecule has 1 aromatic rings. The molecule has 0 spiro atoms. The quantitative estimate of drug-likeness (QED) is 0.924. The number of rotatable bonds is 4. The normalized spacial score (nSPS) is 14.7. The molecule has 0 aliphatic heterocycles. The molecular weight excluding hydrogens is 258 g/mol. The Morgan fingerprint density at radius 2 is 1.47 bits per heavy atom. The van der Waals surface area contributed by atoms with E-state index in [0.29, 0.717) is 5.92 Å². The van der Waals surface area contributed by atoms with Crippen LogP contribution in [-0.2, 0) is 9.84 Å². The van der Waals surface area contributed by atoms with Crippen LogP contribution in [0.5, 0.6) is 0 Å². The van der Waals surface area contributed by atoms with E-state index < -0.39 is 20.6 Å². The van der Waals surface area contributed by atoms with Crippen molar-refractivity contribution in [1.29, 1.82) is 0 Å². The summed E-state index contributed by atoms with van der Waals surface area (Å²) < 4.78 is 23.5. The Hall–Kier alpha value is -0.870. The molecule has 2 N–H and O–H groups in total. The fourth-order valence-electron chi connectivity index (χ4n) is 1.71. The molecule has 0 aliphatic carbocycles. The molecule has 0 amide bonds. The van der Waals surface area contributed by atoms with Crippen molar-refractivity contribution in [3.05, 3.63) is 35.4 Å². The lowest BCUT2D eigenvalue weighted by Crippen LogP contribution is -2.34. The van der Waals surface area contributed by atoms with Gasteiger partial charge in [0.25, 0.3) is 0 Å². The van der Waals surface area contributed by atoms with Crippen LogP contribution in [0.2, 0.25) is 0 Å². The average molecular weight is 283 g/mol. The second kappa shape index (κ2) is 5.63. The van der Waals surface area contributed by atoms with Gasteiger partial charge in [0, 0.05) is 6.04 Å². The third kappa shape index (κ3) is 4.05. The standard InChI is InChI=1S/C15H25NO2S/c1-11(2)12-6-8-13(9-7-12)14(16)10-19(17,18)15(3,4)5/h6-9,11,14H,10,16H2,1-5H3. The van der Waals surface area contributed by atoms with Crippen molar-refractivity contribution >= 4 is 9.84 Å². The first-order valence-electron chi connectivity index (χ1n) is 6.62. The van der Waals surface area contributed by atoms with Crippen molar-refractivity contribution in [3.8, 4) is 0 Å². The number of benzene rings is 1. The van der Waals surface area contributed by atoms with E-state index in [1.807, 2.05) is 24.3 Å². The minimum absolute atomic E-state index is 0.0163. The summed E-state index contributed by atoms with van der Waals surface area (Å²) in [5, 5.41) is 0. The molecule has 0 bridgehead atoms. The molecular formula is C15H25NO2S. The topological polar surface area (TPSA) is 60.2 Å². The zero-order valence-corrected chi connectivity index (χ0v) is 13.3. The summed E-state index contributed by atoms with van der Waals surface area (Å²) in [7, 11) is -3.20. The Morgan fingerprint density at radius 3 is 1.84 bits per heavy atom. The molecule has 0 saturated carbocycles. The first-order valence-corrected chi connectivity index (χ1v) is 8.27. The summed E-state index contributed by atoms with van der Waals surface area (Å²) in [6.45, 7) is 9.36. The summed E-state index contributed by atoms with van der Waals surface area (Å²) in [6, 6.07) is 7.43. The molecule has 1 aromatic carbocycles. The van der Waals surface area contributed by atoms with Gasteiger partial charge in [0.1, 0.15) is 0 Å². The van der Waals surface area contributed by atoms with Crippen molar-refractivity contribution in [3.63, 3.8) is 0 Å². The second-order valence-electron chi connectivity index (χ2n) is 6.32. The summed E-state index contributed by atoms with van der Waals surface area (Å²) >= 11 is 0. The van der Waals surface area contributed by atoms with E-state index in [1.165, 1.54) is 5.56 Å². The van der Waals surface area contributed by atoms with Gasteiger partial charge in [0.05, 0.1) is 10.5 Å². The first kappa shape index (κ1) is 16.2. The van der Waals surface area contributed by atoms with Crippen molar-refractivity contribution in [2.75, 3.05) is 5.75 Å². The van der Waals surface area contributed by atoms with Gasteiger partial charge in [-0.05, 0) is 37.8 Å². The van der Waals surface area contributed by atoms with E-state index in [1.54, 1.807) is 20.8 Å². The van der Waals surface area contributed by atoms with Crippen LogP contribution in [0.1, 0.15) is 57.7 Å². The second-order valence-corrected chi connectivity index (χ2v) is 9.11. The number of nitrogens with two attached hydrogens (primary N) is 1. The molecule has 1 rings (SSSR count). The largest absolute Gasteiger partial charge is 0.323 e. The Bertz CT molecular complexity index is 510. The van der Waals surface area contributed by atoms with Crippen LogP contribution in [-0.4, -0.2) is 18.9 Å². The van der Waals surface area contributed by atoms with Crippen molar-refractivity contribution in [2.24, 2.45) is 5.73 Å². The van der Waals surface area contributed by atoms with E-state index >= 15 is 0 Å². The zero-order chi connectivity index (χ0) is 14.8. The third-order valence-corrected chi connectivity index (χ3v) is 6.03. The van der Waals surface area contributed by atoms with E-state index in [9.17, 15) is 8.42 Å².